The van der Waals surface area contributed by atoms with Crippen molar-refractivity contribution in [3.05, 3.63) is 6.04 Å². The fourth-order valence-corrected chi connectivity index (χ4v) is 2.23. The van der Waals surface area contributed by atoms with Gasteiger partial charge in [0.15, 0.2) is 0 Å². The first-order chi connectivity index (χ1) is 10.1. The molecule has 1 aliphatic heterocycles. The van der Waals surface area contributed by atoms with Crippen molar-refractivity contribution in [2.75, 3.05) is 33.7 Å². The van der Waals surface area contributed by atoms with Crippen LogP contribution in [0.1, 0.15) is 0 Å². The average Bonchev–Trinajstić information content (AvgIpc) is 2.35. The van der Waals surface area contributed by atoms with Gasteiger partial charge >= 0.3 is 34.1 Å². The Balaban J connectivity index is -0.000000661. The van der Waals surface area contributed by atoms with Crippen LogP contribution in [0.25, 0.3) is 0 Å². The molecule has 2 atom stereocenters. The van der Waals surface area contributed by atoms with Crippen molar-refractivity contribution < 1.29 is 98.5 Å². The Hall–Kier alpha value is 0.834. The van der Waals surface area contributed by atoms with Crippen LogP contribution in [0.3, 0.4) is 0 Å². The van der Waals surface area contributed by atoms with E-state index < -0.39 is 56.3 Å². The van der Waals surface area contributed by atoms with Crippen LogP contribution in [0.4, 0.5) is 39.5 Å². The van der Waals surface area contributed by atoms with Gasteiger partial charge in [0.2, 0.25) is 0 Å². The third-order valence-corrected chi connectivity index (χ3v) is 3.53. The summed E-state index contributed by atoms with van der Waals surface area (Å²) in [4.78, 5) is 0.654. The molecular formula is C11H15Cl3F9N3Ti. The minimum absolute atomic E-state index is 0. The van der Waals surface area contributed by atoms with Gasteiger partial charge in [0, 0.05) is 6.54 Å². The Morgan fingerprint density at radius 3 is 1.59 bits per heavy atom. The number of hydrogen-bond acceptors (Lipinski definition) is 3. The number of halogens is 12. The average molecular weight is 514 g/mol. The van der Waals surface area contributed by atoms with Crippen molar-refractivity contribution >= 4 is 0 Å². The molecule has 1 aliphatic rings. The number of nitrogens with one attached hydrogen (secondary N) is 1. The molecule has 0 aromatic carbocycles. The Morgan fingerprint density at radius 2 is 1.26 bits per heavy atom. The third-order valence-electron chi connectivity index (χ3n) is 3.53. The smallest absolute Gasteiger partial charge is 1.00 e. The largest absolute Gasteiger partial charge is 4.00 e. The van der Waals surface area contributed by atoms with E-state index in [-0.39, 0.29) is 58.9 Å². The maximum atomic E-state index is 13.0. The minimum Gasteiger partial charge on any atom is -1.00 e. The van der Waals surface area contributed by atoms with Crippen molar-refractivity contribution in [1.29, 1.82) is 0 Å². The topological polar surface area (TPSA) is 18.5 Å². The standard InChI is InChI=1S/C11H15F9N3.3ClH.Ti/c1-22-4-6(9(12,13)14)21-3-7(10(15,16)17)23(2)5-8(22)11(18,19)20;;;;/h6,8,21H,3-5H2,1-2H3;3*1H;/q-1;;;;+4/p-3. The quantitative estimate of drug-likeness (QED) is 0.197. The van der Waals surface area contributed by atoms with Gasteiger partial charge in [-0.25, -0.2) is 13.2 Å². The molecule has 0 spiro atoms. The molecular weight excluding hydrogens is 499 g/mol. The van der Waals surface area contributed by atoms with Gasteiger partial charge in [0.05, 0.1) is 0 Å². The van der Waals surface area contributed by atoms with Crippen molar-refractivity contribution in [1.82, 2.24) is 15.1 Å². The van der Waals surface area contributed by atoms with Gasteiger partial charge in [-0.1, -0.05) is 0 Å². The van der Waals surface area contributed by atoms with Gasteiger partial charge in [0.1, 0.15) is 12.1 Å². The fraction of sp³-hybridized carbons (Fsp3) is 0.909. The summed E-state index contributed by atoms with van der Waals surface area (Å²) in [7, 11) is 1.57. The molecule has 0 bridgehead atoms. The van der Waals surface area contributed by atoms with Gasteiger partial charge in [-0.05, 0) is 20.6 Å². The summed E-state index contributed by atoms with van der Waals surface area (Å²) in [6, 6.07) is -6.47. The predicted molar refractivity (Wildman–Crippen MR) is 62.2 cm³/mol. The summed E-state index contributed by atoms with van der Waals surface area (Å²) < 4.78 is 116. The summed E-state index contributed by atoms with van der Waals surface area (Å²) in [5, 5.41) is 1.66. The Bertz CT molecular complexity index is 409. The molecule has 0 aromatic heterocycles. The second-order valence-electron chi connectivity index (χ2n) is 5.30. The van der Waals surface area contributed by atoms with E-state index in [2.05, 4.69) is 0 Å². The number of hydrogen-bond donors (Lipinski definition) is 1. The number of nitrogens with zero attached hydrogens (tertiary/aromatic N) is 2. The fourth-order valence-electron chi connectivity index (χ4n) is 2.23. The maximum Gasteiger partial charge on any atom is 4.00 e. The Kier molecular flexibility index (Phi) is 16.3. The van der Waals surface area contributed by atoms with E-state index >= 15 is 0 Å². The first-order valence-electron chi connectivity index (χ1n) is 6.35. The van der Waals surface area contributed by atoms with Crippen LogP contribution in [-0.2, 0) is 21.7 Å². The number of alkyl halides is 9. The second kappa shape index (κ2) is 12.5. The summed E-state index contributed by atoms with van der Waals surface area (Å²) in [5.74, 6) is 0. The normalized spacial score (nSPS) is 24.1. The Morgan fingerprint density at radius 1 is 0.815 bits per heavy atom. The monoisotopic (exact) mass is 513 g/mol. The molecule has 0 aliphatic carbocycles. The van der Waals surface area contributed by atoms with Crippen LogP contribution >= 0.6 is 0 Å². The molecule has 1 rings (SSSR count). The zero-order valence-electron chi connectivity index (χ0n) is 13.7. The van der Waals surface area contributed by atoms with Crippen LogP contribution in [0, 0.1) is 6.04 Å². The third kappa shape index (κ3) is 10.4. The molecule has 0 radical (unpaired) electrons. The van der Waals surface area contributed by atoms with E-state index in [4.69, 9.17) is 0 Å². The summed E-state index contributed by atoms with van der Waals surface area (Å²) >= 11 is 0. The van der Waals surface area contributed by atoms with Crippen molar-refractivity contribution in [3.63, 3.8) is 0 Å². The van der Waals surface area contributed by atoms with Crippen LogP contribution < -0.4 is 42.5 Å². The molecule has 16 heteroatoms. The zero-order chi connectivity index (χ0) is 18.2. The summed E-state index contributed by atoms with van der Waals surface area (Å²) in [6.45, 7) is -3.48. The molecule has 1 N–H and O–H groups in total. The molecule has 2 unspecified atom stereocenters. The molecule has 162 valence electrons. The first kappa shape index (κ1) is 35.3. The van der Waals surface area contributed by atoms with Crippen molar-refractivity contribution in [3.8, 4) is 0 Å². The van der Waals surface area contributed by atoms with Crippen molar-refractivity contribution in [2.24, 2.45) is 0 Å². The van der Waals surface area contributed by atoms with Gasteiger partial charge in [-0.15, -0.1) is 12.6 Å². The predicted octanol–water partition coefficient (Wildman–Crippen LogP) is -6.58. The van der Waals surface area contributed by atoms with Gasteiger partial charge in [0.25, 0.3) is 6.18 Å². The van der Waals surface area contributed by atoms with Gasteiger partial charge < -0.3 is 47.4 Å². The van der Waals surface area contributed by atoms with E-state index in [0.29, 0.717) is 9.80 Å². The first-order valence-corrected chi connectivity index (χ1v) is 6.35. The van der Waals surface area contributed by atoms with E-state index in [1.807, 2.05) is 0 Å². The maximum absolute atomic E-state index is 13.0. The summed E-state index contributed by atoms with van der Waals surface area (Å²) in [6.07, 6.45) is -15.0. The number of rotatable bonds is 0. The molecule has 3 nitrogen and oxygen atoms in total. The van der Waals surface area contributed by atoms with Crippen molar-refractivity contribution in [2.45, 2.75) is 30.6 Å². The van der Waals surface area contributed by atoms with Gasteiger partial charge in [-0.2, -0.15) is 26.3 Å². The van der Waals surface area contributed by atoms with Crippen LogP contribution in [0.5, 0.6) is 0 Å². The molecule has 1 heterocycles. The van der Waals surface area contributed by atoms with Gasteiger partial charge in [-0.3, -0.25) is 4.90 Å². The van der Waals surface area contributed by atoms with Crippen LogP contribution in [0.15, 0.2) is 0 Å². The molecule has 27 heavy (non-hydrogen) atoms. The molecule has 0 amide bonds. The SMILES string of the molecule is CN1CC(C(F)(F)F)N(C)CC(C(F)(F)F)NC[C-]1C(F)(F)F.[Cl-].[Cl-].[Cl-].[Ti+4]. The summed E-state index contributed by atoms with van der Waals surface area (Å²) in [5.41, 5.74) is 0. The minimum atomic E-state index is -5.04. The molecule has 0 saturated carbocycles. The van der Waals surface area contributed by atoms with E-state index in [1.165, 1.54) is 0 Å². The molecule has 1 saturated heterocycles. The molecule has 0 aromatic rings. The second-order valence-corrected chi connectivity index (χ2v) is 5.30. The molecule has 1 fully saturated rings. The van der Waals surface area contributed by atoms with Crippen LogP contribution in [0.2, 0.25) is 0 Å². The zero-order valence-corrected chi connectivity index (χ0v) is 17.5. The number of likely N-dealkylation sites (N-methyl/N-ethyl adjacent to an activating group) is 2. The van der Waals surface area contributed by atoms with E-state index in [1.54, 1.807) is 5.32 Å². The van der Waals surface area contributed by atoms with E-state index in [9.17, 15) is 39.5 Å². The Labute approximate surface area is 183 Å². The van der Waals surface area contributed by atoms with Crippen LogP contribution in [-0.4, -0.2) is 74.1 Å². The van der Waals surface area contributed by atoms with E-state index in [0.717, 1.165) is 14.1 Å².